The van der Waals surface area contributed by atoms with Gasteiger partial charge < -0.3 is 14.6 Å². The number of halogens is 1. The molecule has 0 bridgehead atoms. The van der Waals surface area contributed by atoms with Crippen LogP contribution in [0.1, 0.15) is 27.6 Å². The van der Waals surface area contributed by atoms with Crippen LogP contribution in [0.3, 0.4) is 0 Å². The van der Waals surface area contributed by atoms with E-state index in [4.69, 9.17) is 4.74 Å². The van der Waals surface area contributed by atoms with Crippen LogP contribution in [0.25, 0.3) is 10.9 Å². The van der Waals surface area contributed by atoms with Crippen molar-refractivity contribution in [3.8, 4) is 0 Å². The number of esters is 1. The lowest BCUT2D eigenvalue weighted by Gasteiger charge is -2.10. The van der Waals surface area contributed by atoms with Crippen LogP contribution in [0.15, 0.2) is 53.5 Å². The Kier molecular flexibility index (Phi) is 5.03. The number of amides is 1. The largest absolute Gasteiger partial charge is 0.462 e. The van der Waals surface area contributed by atoms with E-state index in [9.17, 15) is 18.8 Å². The number of rotatable bonds is 4. The molecule has 0 unspecified atom stereocenters. The van der Waals surface area contributed by atoms with E-state index in [0.717, 1.165) is 6.07 Å². The van der Waals surface area contributed by atoms with Gasteiger partial charge in [-0.1, -0.05) is 0 Å². The molecule has 0 radical (unpaired) electrons. The van der Waals surface area contributed by atoms with Crippen molar-refractivity contribution in [2.24, 2.45) is 7.05 Å². The van der Waals surface area contributed by atoms with Crippen LogP contribution in [-0.2, 0) is 11.8 Å². The van der Waals surface area contributed by atoms with Crippen LogP contribution >= 0.6 is 0 Å². The average Bonchev–Trinajstić information content (AvgIpc) is 2.65. The van der Waals surface area contributed by atoms with Crippen molar-refractivity contribution in [1.29, 1.82) is 0 Å². The number of pyridine rings is 1. The summed E-state index contributed by atoms with van der Waals surface area (Å²) >= 11 is 0. The number of nitrogens with zero attached hydrogens (tertiary/aromatic N) is 1. The van der Waals surface area contributed by atoms with Crippen molar-refractivity contribution < 1.29 is 18.7 Å². The number of aromatic nitrogens is 1. The van der Waals surface area contributed by atoms with Crippen LogP contribution in [0, 0.1) is 5.82 Å². The van der Waals surface area contributed by atoms with Crippen molar-refractivity contribution in [3.05, 3.63) is 75.8 Å². The Bertz CT molecular complexity index is 1090. The quantitative estimate of drug-likeness (QED) is 0.718. The summed E-state index contributed by atoms with van der Waals surface area (Å²) in [6.45, 7) is 1.98. The van der Waals surface area contributed by atoms with Crippen LogP contribution in [0.5, 0.6) is 0 Å². The maximum atomic E-state index is 13.5. The second-order valence-corrected chi connectivity index (χ2v) is 5.90. The monoisotopic (exact) mass is 368 g/mol. The number of aryl methyl sites for hydroxylation is 1. The molecule has 1 N–H and O–H groups in total. The van der Waals surface area contributed by atoms with Gasteiger partial charge in [-0.05, 0) is 49.4 Å². The lowest BCUT2D eigenvalue weighted by Crippen LogP contribution is -2.23. The van der Waals surface area contributed by atoms with E-state index in [-0.39, 0.29) is 17.6 Å². The standard InChI is InChI=1S/C20H17FN2O4/c1-3-27-20(26)12-4-7-14(8-5-12)22-19(25)16-11-23(2)17-9-6-13(21)10-15(17)18(16)24/h4-11H,3H2,1-2H3,(H,22,25). The molecule has 0 atom stereocenters. The number of hydrogen-bond donors (Lipinski definition) is 1. The second-order valence-electron chi connectivity index (χ2n) is 5.90. The fraction of sp³-hybridized carbons (Fsp3) is 0.150. The minimum absolute atomic E-state index is 0.106. The van der Waals surface area contributed by atoms with Crippen LogP contribution < -0.4 is 10.7 Å². The maximum absolute atomic E-state index is 13.5. The Morgan fingerprint density at radius 2 is 1.85 bits per heavy atom. The highest BCUT2D eigenvalue weighted by molar-refractivity contribution is 6.06. The molecule has 2 aromatic carbocycles. The number of carbonyl (C=O) groups excluding carboxylic acids is 2. The molecule has 1 heterocycles. The summed E-state index contributed by atoms with van der Waals surface area (Å²) in [5.41, 5.74) is 0.631. The van der Waals surface area contributed by atoms with Crippen molar-refractivity contribution in [1.82, 2.24) is 4.57 Å². The summed E-state index contributed by atoms with van der Waals surface area (Å²) in [6, 6.07) is 9.96. The number of nitrogens with one attached hydrogen (secondary N) is 1. The Morgan fingerprint density at radius 1 is 1.15 bits per heavy atom. The first-order chi connectivity index (χ1) is 12.9. The number of ether oxygens (including phenoxy) is 1. The molecule has 1 aromatic heterocycles. The second kappa shape index (κ2) is 7.41. The number of carbonyl (C=O) groups is 2. The molecule has 3 rings (SSSR count). The molecule has 0 saturated heterocycles. The third-order valence-electron chi connectivity index (χ3n) is 4.05. The molecule has 1 amide bonds. The predicted octanol–water partition coefficient (Wildman–Crippen LogP) is 3.11. The molecule has 0 saturated carbocycles. The first-order valence-electron chi connectivity index (χ1n) is 8.28. The minimum Gasteiger partial charge on any atom is -0.462 e. The molecule has 7 heteroatoms. The maximum Gasteiger partial charge on any atom is 0.338 e. The predicted molar refractivity (Wildman–Crippen MR) is 99.5 cm³/mol. The van der Waals surface area contributed by atoms with E-state index in [2.05, 4.69) is 5.32 Å². The fourth-order valence-corrected chi connectivity index (χ4v) is 2.73. The average molecular weight is 368 g/mol. The molecular formula is C20H17FN2O4. The van der Waals surface area contributed by atoms with Gasteiger partial charge in [0.2, 0.25) is 5.43 Å². The third kappa shape index (κ3) is 3.72. The number of anilines is 1. The molecule has 0 spiro atoms. The summed E-state index contributed by atoms with van der Waals surface area (Å²) in [5, 5.41) is 2.73. The summed E-state index contributed by atoms with van der Waals surface area (Å²) in [4.78, 5) is 36.8. The molecule has 27 heavy (non-hydrogen) atoms. The van der Waals surface area contributed by atoms with Crippen LogP contribution in [-0.4, -0.2) is 23.1 Å². The zero-order valence-corrected chi connectivity index (χ0v) is 14.8. The highest BCUT2D eigenvalue weighted by Crippen LogP contribution is 2.15. The van der Waals surface area contributed by atoms with Gasteiger partial charge in [-0.2, -0.15) is 0 Å². The molecule has 0 aliphatic carbocycles. The SMILES string of the molecule is CCOC(=O)c1ccc(NC(=O)c2cn(C)c3ccc(F)cc3c2=O)cc1. The van der Waals surface area contributed by atoms with Gasteiger partial charge >= 0.3 is 5.97 Å². The zero-order chi connectivity index (χ0) is 19.6. The summed E-state index contributed by atoms with van der Waals surface area (Å²) < 4.78 is 20.0. The fourth-order valence-electron chi connectivity index (χ4n) is 2.73. The Morgan fingerprint density at radius 3 is 2.52 bits per heavy atom. The van der Waals surface area contributed by atoms with Gasteiger partial charge in [-0.3, -0.25) is 9.59 Å². The van der Waals surface area contributed by atoms with Gasteiger partial charge in [0.05, 0.1) is 17.7 Å². The lowest BCUT2D eigenvalue weighted by atomic mass is 10.1. The van der Waals surface area contributed by atoms with E-state index in [1.807, 2.05) is 0 Å². The van der Waals surface area contributed by atoms with E-state index < -0.39 is 23.1 Å². The number of hydrogen-bond acceptors (Lipinski definition) is 4. The molecule has 0 aliphatic rings. The molecule has 138 valence electrons. The molecule has 6 nitrogen and oxygen atoms in total. The van der Waals surface area contributed by atoms with Crippen molar-refractivity contribution >= 4 is 28.5 Å². The summed E-state index contributed by atoms with van der Waals surface area (Å²) in [7, 11) is 1.67. The lowest BCUT2D eigenvalue weighted by molar-refractivity contribution is 0.0526. The normalized spacial score (nSPS) is 10.6. The molecule has 0 fully saturated rings. The zero-order valence-electron chi connectivity index (χ0n) is 14.8. The first-order valence-corrected chi connectivity index (χ1v) is 8.28. The Balaban J connectivity index is 1.89. The third-order valence-corrected chi connectivity index (χ3v) is 4.05. The molecule has 0 aliphatic heterocycles. The van der Waals surface area contributed by atoms with E-state index in [1.165, 1.54) is 42.6 Å². The van der Waals surface area contributed by atoms with Gasteiger partial charge in [0.15, 0.2) is 0 Å². The molecular weight excluding hydrogens is 351 g/mol. The van der Waals surface area contributed by atoms with Gasteiger partial charge in [0.25, 0.3) is 5.91 Å². The first kappa shape index (κ1) is 18.3. The number of fused-ring (bicyclic) bond motifs is 1. The van der Waals surface area contributed by atoms with Crippen LogP contribution in [0.2, 0.25) is 0 Å². The number of benzene rings is 2. The minimum atomic E-state index is -0.620. The van der Waals surface area contributed by atoms with E-state index in [1.54, 1.807) is 18.5 Å². The highest BCUT2D eigenvalue weighted by atomic mass is 19.1. The smallest absolute Gasteiger partial charge is 0.338 e. The molecule has 3 aromatic rings. The topological polar surface area (TPSA) is 77.4 Å². The highest BCUT2D eigenvalue weighted by Gasteiger charge is 2.15. The van der Waals surface area contributed by atoms with Gasteiger partial charge in [-0.25, -0.2) is 9.18 Å². The van der Waals surface area contributed by atoms with Crippen LogP contribution in [0.4, 0.5) is 10.1 Å². The summed E-state index contributed by atoms with van der Waals surface area (Å²) in [5.74, 6) is -1.63. The Hall–Kier alpha value is -3.48. The Labute approximate surface area is 154 Å². The van der Waals surface area contributed by atoms with Crippen molar-refractivity contribution in [2.45, 2.75) is 6.92 Å². The van der Waals surface area contributed by atoms with Crippen molar-refractivity contribution in [2.75, 3.05) is 11.9 Å². The van der Waals surface area contributed by atoms with Gasteiger partial charge in [-0.15, -0.1) is 0 Å². The van der Waals surface area contributed by atoms with Crippen molar-refractivity contribution in [3.63, 3.8) is 0 Å². The van der Waals surface area contributed by atoms with Gasteiger partial charge in [0.1, 0.15) is 11.4 Å². The van der Waals surface area contributed by atoms with E-state index >= 15 is 0 Å². The van der Waals surface area contributed by atoms with E-state index in [0.29, 0.717) is 16.8 Å². The summed E-state index contributed by atoms with van der Waals surface area (Å²) in [6.07, 6.45) is 1.41. The van der Waals surface area contributed by atoms with Gasteiger partial charge in [0, 0.05) is 24.3 Å².